The summed E-state index contributed by atoms with van der Waals surface area (Å²) in [5.74, 6) is -1.12. The van der Waals surface area contributed by atoms with Gasteiger partial charge in [-0.15, -0.1) is 0 Å². The fourth-order valence-corrected chi connectivity index (χ4v) is 6.14. The third kappa shape index (κ3) is 11.5. The van der Waals surface area contributed by atoms with Crippen LogP contribution in [0.5, 0.6) is 0 Å². The van der Waals surface area contributed by atoms with Crippen LogP contribution in [0.25, 0.3) is 0 Å². The van der Waals surface area contributed by atoms with Crippen LogP contribution in [0.15, 0.2) is 0 Å². The maximum Gasteiger partial charge on any atom is 0.111 e. The van der Waals surface area contributed by atoms with Crippen molar-refractivity contribution in [2.75, 3.05) is 26.4 Å². The van der Waals surface area contributed by atoms with Gasteiger partial charge in [-0.3, -0.25) is 0 Å². The standard InChI is InChI=1S/C30H59NO11/c1-2-3-4-5-6-7-8-9-10-11-12-13-14-20(34)25(36)19(16-32)31-15-22-26(37)24(21(35)18-41-22)30-29(40)28(39)27(38)23(17-33)42-30/h19-40H,2-18H2,1H3/t19-,20+,21?,22?,23+,24+,25-,26+,27+,28-,29+,30?/m0/s1. The van der Waals surface area contributed by atoms with E-state index in [1.54, 1.807) is 0 Å². The largest absolute Gasteiger partial charge is 0.395 e. The van der Waals surface area contributed by atoms with Gasteiger partial charge in [0.25, 0.3) is 0 Å². The molecule has 12 heteroatoms. The first-order valence-electron chi connectivity index (χ1n) is 16.2. The molecule has 0 spiro atoms. The van der Waals surface area contributed by atoms with Crippen LogP contribution in [-0.2, 0) is 9.47 Å². The molecule has 2 aliphatic heterocycles. The summed E-state index contributed by atoms with van der Waals surface area (Å²) in [5.41, 5.74) is 0. The van der Waals surface area contributed by atoms with Crippen molar-refractivity contribution < 1.29 is 55.4 Å². The molecule has 2 aliphatic rings. The number of aliphatic hydroxyl groups excluding tert-OH is 9. The molecule has 2 heterocycles. The van der Waals surface area contributed by atoms with Gasteiger partial charge in [-0.2, -0.15) is 0 Å². The van der Waals surface area contributed by atoms with E-state index in [1.807, 2.05) is 0 Å². The van der Waals surface area contributed by atoms with Crippen molar-refractivity contribution in [1.29, 1.82) is 0 Å². The molecule has 0 aliphatic carbocycles. The van der Waals surface area contributed by atoms with E-state index in [9.17, 15) is 46.0 Å². The zero-order chi connectivity index (χ0) is 31.1. The van der Waals surface area contributed by atoms with Crippen LogP contribution >= 0.6 is 0 Å². The minimum Gasteiger partial charge on any atom is -0.395 e. The lowest BCUT2D eigenvalue weighted by Gasteiger charge is -2.48. The Morgan fingerprint density at radius 2 is 1.29 bits per heavy atom. The van der Waals surface area contributed by atoms with E-state index < -0.39 is 86.2 Å². The molecule has 3 unspecified atom stereocenters. The van der Waals surface area contributed by atoms with E-state index in [-0.39, 0.29) is 13.2 Å². The van der Waals surface area contributed by atoms with Gasteiger partial charge < -0.3 is 60.7 Å². The first-order chi connectivity index (χ1) is 20.2. The average molecular weight is 610 g/mol. The zero-order valence-electron chi connectivity index (χ0n) is 25.3. The van der Waals surface area contributed by atoms with Crippen LogP contribution in [-0.4, -0.2) is 139 Å². The van der Waals surface area contributed by atoms with E-state index in [0.29, 0.717) is 6.42 Å². The normalized spacial score (nSPS) is 34.3. The van der Waals surface area contributed by atoms with Gasteiger partial charge in [0.05, 0.1) is 62.5 Å². The molecule has 0 aromatic heterocycles. The number of aliphatic hydroxyl groups is 9. The lowest BCUT2D eigenvalue weighted by molar-refractivity contribution is -0.274. The highest BCUT2D eigenvalue weighted by atomic mass is 16.6. The Kier molecular flexibility index (Phi) is 18.4. The Labute approximate surface area is 250 Å². The molecule has 2 fully saturated rings. The highest BCUT2D eigenvalue weighted by molar-refractivity contribution is 5.01. The topological polar surface area (TPSA) is 213 Å². The summed E-state index contributed by atoms with van der Waals surface area (Å²) in [5, 5.41) is 95.6. The summed E-state index contributed by atoms with van der Waals surface area (Å²) in [6.07, 6.45) is 1.47. The van der Waals surface area contributed by atoms with Gasteiger partial charge in [-0.25, -0.2) is 0 Å². The minimum absolute atomic E-state index is 0.0601. The molecule has 2 rings (SSSR count). The van der Waals surface area contributed by atoms with Crippen molar-refractivity contribution in [3.63, 3.8) is 0 Å². The Morgan fingerprint density at radius 3 is 1.83 bits per heavy atom. The van der Waals surface area contributed by atoms with Crippen LogP contribution in [0.2, 0.25) is 0 Å². The SMILES string of the molecule is CCCCCCCCCCCCCC[C@@H](O)[C@@H](O)[C@H](CO)NCC1OCC(O)[C@@H](C2O[C@H](CO)[C@@H](O)[C@H](O)[C@H]2O)[C@@H]1O. The van der Waals surface area contributed by atoms with Gasteiger partial charge in [0.2, 0.25) is 0 Å². The summed E-state index contributed by atoms with van der Waals surface area (Å²) in [7, 11) is 0. The van der Waals surface area contributed by atoms with E-state index >= 15 is 0 Å². The van der Waals surface area contributed by atoms with Crippen LogP contribution in [0.4, 0.5) is 0 Å². The second kappa shape index (κ2) is 20.5. The predicted octanol–water partition coefficient (Wildman–Crippen LogP) is -0.671. The minimum atomic E-state index is -1.65. The monoisotopic (exact) mass is 609 g/mol. The number of hydrogen-bond donors (Lipinski definition) is 10. The maximum atomic E-state index is 11.0. The Bertz CT molecular complexity index is 690. The van der Waals surface area contributed by atoms with Crippen molar-refractivity contribution >= 4 is 0 Å². The molecule has 0 amide bonds. The third-order valence-corrected chi connectivity index (χ3v) is 8.95. The Hall–Kier alpha value is -0.480. The molecule has 0 bridgehead atoms. The van der Waals surface area contributed by atoms with Crippen LogP contribution < -0.4 is 5.32 Å². The fourth-order valence-electron chi connectivity index (χ4n) is 6.14. The number of ether oxygens (including phenoxy) is 2. The van der Waals surface area contributed by atoms with Crippen molar-refractivity contribution in [3.05, 3.63) is 0 Å². The van der Waals surface area contributed by atoms with Gasteiger partial charge in [-0.1, -0.05) is 84.0 Å². The zero-order valence-corrected chi connectivity index (χ0v) is 25.3. The average Bonchev–Trinajstić information content (AvgIpc) is 2.98. The summed E-state index contributed by atoms with van der Waals surface area (Å²) >= 11 is 0. The van der Waals surface area contributed by atoms with Gasteiger partial charge in [0.1, 0.15) is 24.4 Å². The summed E-state index contributed by atoms with van der Waals surface area (Å²) in [4.78, 5) is 0. The summed E-state index contributed by atoms with van der Waals surface area (Å²) in [6, 6.07) is -0.898. The van der Waals surface area contributed by atoms with Gasteiger partial charge in [-0.05, 0) is 6.42 Å². The van der Waals surface area contributed by atoms with Crippen LogP contribution in [0, 0.1) is 5.92 Å². The van der Waals surface area contributed by atoms with E-state index in [0.717, 1.165) is 25.7 Å². The lowest BCUT2D eigenvalue weighted by atomic mass is 9.79. The molecule has 10 N–H and O–H groups in total. The molecule has 2 saturated heterocycles. The summed E-state index contributed by atoms with van der Waals surface area (Å²) in [6.45, 7) is 0.827. The van der Waals surface area contributed by atoms with Gasteiger partial charge in [0.15, 0.2) is 0 Å². The second-order valence-electron chi connectivity index (χ2n) is 12.2. The first-order valence-corrected chi connectivity index (χ1v) is 16.2. The number of rotatable bonds is 21. The number of hydrogen-bond acceptors (Lipinski definition) is 12. The molecule has 0 aromatic rings. The molecular formula is C30H59NO11. The predicted molar refractivity (Wildman–Crippen MR) is 156 cm³/mol. The quantitative estimate of drug-likeness (QED) is 0.0734. The Morgan fingerprint density at radius 1 is 0.714 bits per heavy atom. The highest BCUT2D eigenvalue weighted by Gasteiger charge is 2.52. The first kappa shape index (κ1) is 37.7. The van der Waals surface area contributed by atoms with Crippen molar-refractivity contribution in [1.82, 2.24) is 5.32 Å². The second-order valence-corrected chi connectivity index (χ2v) is 12.2. The molecule has 0 saturated carbocycles. The molecule has 12 atom stereocenters. The molecule has 0 radical (unpaired) electrons. The molecule has 42 heavy (non-hydrogen) atoms. The van der Waals surface area contributed by atoms with Crippen LogP contribution in [0.3, 0.4) is 0 Å². The lowest BCUT2D eigenvalue weighted by Crippen LogP contribution is -2.66. The fraction of sp³-hybridized carbons (Fsp3) is 1.00. The Balaban J connectivity index is 1.73. The van der Waals surface area contributed by atoms with E-state index in [4.69, 9.17) is 9.47 Å². The number of unbranched alkanes of at least 4 members (excludes halogenated alkanes) is 11. The van der Waals surface area contributed by atoms with Crippen molar-refractivity contribution in [2.45, 2.75) is 157 Å². The molecule has 250 valence electrons. The molecule has 12 nitrogen and oxygen atoms in total. The van der Waals surface area contributed by atoms with Gasteiger partial charge >= 0.3 is 0 Å². The third-order valence-electron chi connectivity index (χ3n) is 8.95. The maximum absolute atomic E-state index is 11.0. The van der Waals surface area contributed by atoms with Crippen molar-refractivity contribution in [3.8, 4) is 0 Å². The highest BCUT2D eigenvalue weighted by Crippen LogP contribution is 2.33. The van der Waals surface area contributed by atoms with E-state index in [2.05, 4.69) is 12.2 Å². The summed E-state index contributed by atoms with van der Waals surface area (Å²) < 4.78 is 11.1. The smallest absolute Gasteiger partial charge is 0.111 e. The van der Waals surface area contributed by atoms with Crippen LogP contribution in [0.1, 0.15) is 90.4 Å². The molecule has 0 aromatic carbocycles. The molecular weight excluding hydrogens is 550 g/mol. The van der Waals surface area contributed by atoms with Crippen molar-refractivity contribution in [2.24, 2.45) is 5.92 Å². The van der Waals surface area contributed by atoms with Gasteiger partial charge in [0, 0.05) is 12.5 Å². The number of nitrogens with one attached hydrogen (secondary N) is 1. The van der Waals surface area contributed by atoms with E-state index in [1.165, 1.54) is 51.4 Å².